The molecule has 1 aromatic heterocycles. The summed E-state index contributed by atoms with van der Waals surface area (Å²) in [5.74, 6) is 1.76. The molecule has 0 aliphatic carbocycles. The number of rotatable bonds is 3. The maximum atomic E-state index is 5.34. The second-order valence-corrected chi connectivity index (χ2v) is 5.84. The van der Waals surface area contributed by atoms with Crippen LogP contribution in [-0.4, -0.2) is 25.7 Å². The number of hydrogen-bond acceptors (Lipinski definition) is 3. The van der Waals surface area contributed by atoms with Gasteiger partial charge in [0.05, 0.1) is 20.3 Å². The van der Waals surface area contributed by atoms with Crippen molar-refractivity contribution in [3.8, 4) is 11.5 Å². The molecule has 2 heterocycles. The molecule has 118 valence electrons. The van der Waals surface area contributed by atoms with E-state index in [0.717, 1.165) is 30.0 Å². The number of H-pyrrole nitrogens is 1. The molecule has 1 atom stereocenters. The predicted octanol–water partition coefficient (Wildman–Crippen LogP) is 3.42. The number of nitrogens with one attached hydrogen (secondary N) is 2. The molecule has 0 amide bonds. The fourth-order valence-electron chi connectivity index (χ4n) is 3.42. The molecule has 0 saturated carbocycles. The molecule has 0 radical (unpaired) electrons. The van der Waals surface area contributed by atoms with Gasteiger partial charge in [0.2, 0.25) is 0 Å². The summed E-state index contributed by atoms with van der Waals surface area (Å²) in [4.78, 5) is 3.59. The first-order valence-electron chi connectivity index (χ1n) is 7.86. The lowest BCUT2D eigenvalue weighted by Crippen LogP contribution is -2.30. The second kappa shape index (κ2) is 5.63. The molecule has 1 aliphatic rings. The number of benzene rings is 2. The lowest BCUT2D eigenvalue weighted by atomic mass is 9.94. The topological polar surface area (TPSA) is 46.3 Å². The van der Waals surface area contributed by atoms with Crippen molar-refractivity contribution in [1.82, 2.24) is 10.3 Å². The summed E-state index contributed by atoms with van der Waals surface area (Å²) >= 11 is 0. The molecular weight excluding hydrogens is 288 g/mol. The van der Waals surface area contributed by atoms with Crippen LogP contribution in [0.1, 0.15) is 22.9 Å². The van der Waals surface area contributed by atoms with Gasteiger partial charge in [0.25, 0.3) is 0 Å². The molecule has 0 saturated heterocycles. The molecule has 0 bridgehead atoms. The van der Waals surface area contributed by atoms with Gasteiger partial charge < -0.3 is 19.8 Å². The van der Waals surface area contributed by atoms with Crippen LogP contribution in [0.3, 0.4) is 0 Å². The summed E-state index contributed by atoms with van der Waals surface area (Å²) in [6.45, 7) is 0.975. The summed E-state index contributed by atoms with van der Waals surface area (Å²) in [5, 5.41) is 4.91. The number of ether oxygens (including phenoxy) is 2. The molecule has 2 N–H and O–H groups in total. The van der Waals surface area contributed by atoms with Crippen molar-refractivity contribution in [3.63, 3.8) is 0 Å². The fraction of sp³-hybridized carbons (Fsp3) is 0.263. The van der Waals surface area contributed by atoms with Gasteiger partial charge in [0, 0.05) is 29.2 Å². The Labute approximate surface area is 135 Å². The molecule has 1 aliphatic heterocycles. The third kappa shape index (κ3) is 2.35. The normalized spacial score (nSPS) is 17.0. The third-order valence-corrected chi connectivity index (χ3v) is 4.61. The van der Waals surface area contributed by atoms with Crippen LogP contribution in [0.2, 0.25) is 0 Å². The minimum absolute atomic E-state index is 0.183. The van der Waals surface area contributed by atoms with Crippen LogP contribution >= 0.6 is 0 Å². The number of methoxy groups -OCH3 is 2. The Kier molecular flexibility index (Phi) is 3.46. The zero-order valence-electron chi connectivity index (χ0n) is 13.3. The van der Waals surface area contributed by atoms with E-state index in [1.165, 1.54) is 22.2 Å². The van der Waals surface area contributed by atoms with Crippen molar-refractivity contribution in [2.45, 2.75) is 12.5 Å². The van der Waals surface area contributed by atoms with Gasteiger partial charge >= 0.3 is 0 Å². The Balaban J connectivity index is 1.80. The van der Waals surface area contributed by atoms with Gasteiger partial charge in [0.15, 0.2) is 0 Å². The standard InChI is InChI=1S/C19H20N2O2/c1-22-13-5-3-12(4-6-13)18-19-16(9-10-20-18)15-8-7-14(23-2)11-17(15)21-19/h3-8,11,18,20-21H,9-10H2,1-2H3. The largest absolute Gasteiger partial charge is 0.497 e. The Morgan fingerprint density at radius 1 is 0.957 bits per heavy atom. The highest BCUT2D eigenvalue weighted by atomic mass is 16.5. The minimum atomic E-state index is 0.183. The van der Waals surface area contributed by atoms with Crippen LogP contribution < -0.4 is 14.8 Å². The number of aromatic amines is 1. The van der Waals surface area contributed by atoms with E-state index in [1.807, 2.05) is 18.2 Å². The monoisotopic (exact) mass is 308 g/mol. The summed E-state index contributed by atoms with van der Waals surface area (Å²) in [5.41, 5.74) is 5.04. The maximum Gasteiger partial charge on any atom is 0.120 e. The van der Waals surface area contributed by atoms with Gasteiger partial charge in [-0.25, -0.2) is 0 Å². The van der Waals surface area contributed by atoms with Crippen molar-refractivity contribution in [3.05, 3.63) is 59.3 Å². The Hall–Kier alpha value is -2.46. The highest BCUT2D eigenvalue weighted by Crippen LogP contribution is 2.35. The molecular formula is C19H20N2O2. The van der Waals surface area contributed by atoms with Gasteiger partial charge in [0.1, 0.15) is 11.5 Å². The average molecular weight is 308 g/mol. The van der Waals surface area contributed by atoms with E-state index in [9.17, 15) is 0 Å². The van der Waals surface area contributed by atoms with E-state index in [1.54, 1.807) is 14.2 Å². The molecule has 4 rings (SSSR count). The molecule has 2 aromatic carbocycles. The van der Waals surface area contributed by atoms with Crippen LogP contribution in [0, 0.1) is 0 Å². The van der Waals surface area contributed by atoms with Gasteiger partial charge in [-0.3, -0.25) is 0 Å². The van der Waals surface area contributed by atoms with Crippen LogP contribution in [0.25, 0.3) is 10.9 Å². The van der Waals surface area contributed by atoms with Crippen LogP contribution in [-0.2, 0) is 6.42 Å². The van der Waals surface area contributed by atoms with E-state index in [-0.39, 0.29) is 6.04 Å². The lowest BCUT2D eigenvalue weighted by molar-refractivity contribution is 0.414. The second-order valence-electron chi connectivity index (χ2n) is 5.84. The summed E-state index contributed by atoms with van der Waals surface area (Å²) in [6, 6.07) is 14.7. The highest BCUT2D eigenvalue weighted by Gasteiger charge is 2.25. The van der Waals surface area contributed by atoms with Gasteiger partial charge in [-0.15, -0.1) is 0 Å². The Morgan fingerprint density at radius 3 is 2.43 bits per heavy atom. The molecule has 4 nitrogen and oxygen atoms in total. The Morgan fingerprint density at radius 2 is 1.70 bits per heavy atom. The van der Waals surface area contributed by atoms with Gasteiger partial charge in [-0.05, 0) is 41.8 Å². The maximum absolute atomic E-state index is 5.34. The molecule has 1 unspecified atom stereocenters. The van der Waals surface area contributed by atoms with E-state index in [0.29, 0.717) is 0 Å². The van der Waals surface area contributed by atoms with Crippen LogP contribution in [0.4, 0.5) is 0 Å². The fourth-order valence-corrected chi connectivity index (χ4v) is 3.42. The highest BCUT2D eigenvalue weighted by molar-refractivity contribution is 5.86. The van der Waals surface area contributed by atoms with E-state index in [2.05, 4.69) is 34.6 Å². The first kappa shape index (κ1) is 14.2. The Bertz CT molecular complexity index is 836. The van der Waals surface area contributed by atoms with Crippen molar-refractivity contribution < 1.29 is 9.47 Å². The summed E-state index contributed by atoms with van der Waals surface area (Å²) < 4.78 is 10.6. The average Bonchev–Trinajstić information content (AvgIpc) is 2.99. The molecule has 23 heavy (non-hydrogen) atoms. The summed E-state index contributed by atoms with van der Waals surface area (Å²) in [7, 11) is 3.39. The first-order chi connectivity index (χ1) is 11.3. The number of fused-ring (bicyclic) bond motifs is 3. The summed E-state index contributed by atoms with van der Waals surface area (Å²) in [6.07, 6.45) is 1.04. The smallest absolute Gasteiger partial charge is 0.120 e. The van der Waals surface area contributed by atoms with Crippen molar-refractivity contribution in [2.24, 2.45) is 0 Å². The van der Waals surface area contributed by atoms with Crippen molar-refractivity contribution in [2.75, 3.05) is 20.8 Å². The predicted molar refractivity (Wildman–Crippen MR) is 91.4 cm³/mol. The molecule has 3 aromatic rings. The molecule has 0 fully saturated rings. The minimum Gasteiger partial charge on any atom is -0.497 e. The zero-order valence-corrected chi connectivity index (χ0v) is 13.3. The number of aromatic nitrogens is 1. The van der Waals surface area contributed by atoms with E-state index < -0.39 is 0 Å². The van der Waals surface area contributed by atoms with Crippen molar-refractivity contribution >= 4 is 10.9 Å². The lowest BCUT2D eigenvalue weighted by Gasteiger charge is -2.25. The van der Waals surface area contributed by atoms with Gasteiger partial charge in [-0.2, -0.15) is 0 Å². The van der Waals surface area contributed by atoms with E-state index >= 15 is 0 Å². The van der Waals surface area contributed by atoms with Crippen LogP contribution in [0.15, 0.2) is 42.5 Å². The third-order valence-electron chi connectivity index (χ3n) is 4.61. The molecule has 0 spiro atoms. The number of hydrogen-bond donors (Lipinski definition) is 2. The van der Waals surface area contributed by atoms with Gasteiger partial charge in [-0.1, -0.05) is 12.1 Å². The van der Waals surface area contributed by atoms with Crippen LogP contribution in [0.5, 0.6) is 11.5 Å². The quantitative estimate of drug-likeness (QED) is 0.779. The molecule has 4 heteroatoms. The van der Waals surface area contributed by atoms with E-state index in [4.69, 9.17) is 9.47 Å². The SMILES string of the molecule is COc1ccc(C2NCCc3c2[nH]c2cc(OC)ccc32)cc1. The van der Waals surface area contributed by atoms with Crippen molar-refractivity contribution in [1.29, 1.82) is 0 Å². The first-order valence-corrected chi connectivity index (χ1v) is 7.86. The zero-order chi connectivity index (χ0) is 15.8.